The molecule has 0 aliphatic carbocycles. The zero-order valence-electron chi connectivity index (χ0n) is 15.4. The second kappa shape index (κ2) is 6.53. The van der Waals surface area contributed by atoms with Gasteiger partial charge in [0.15, 0.2) is 0 Å². The maximum absolute atomic E-state index is 3.77. The van der Waals surface area contributed by atoms with Crippen LogP contribution >= 0.6 is 0 Å². The zero-order chi connectivity index (χ0) is 16.4. The van der Waals surface area contributed by atoms with Crippen LogP contribution < -0.4 is 10.5 Å². The van der Waals surface area contributed by atoms with E-state index in [1.807, 2.05) is 0 Å². The van der Waals surface area contributed by atoms with Crippen LogP contribution in [0.15, 0.2) is 35.0 Å². The fourth-order valence-corrected chi connectivity index (χ4v) is 4.92. The highest BCUT2D eigenvalue weighted by Crippen LogP contribution is 2.37. The van der Waals surface area contributed by atoms with Crippen LogP contribution in [0, 0.1) is 0 Å². The molecule has 0 radical (unpaired) electrons. The Labute approximate surface area is 135 Å². The molecule has 3 heteroatoms. The molecule has 0 bridgehead atoms. The number of hydrogen-bond donors (Lipinski definition) is 1. The third-order valence-corrected chi connectivity index (χ3v) is 11.6. The summed E-state index contributed by atoms with van der Waals surface area (Å²) < 4.78 is 0. The van der Waals surface area contributed by atoms with Gasteiger partial charge in [-0.15, -0.1) is 0 Å². The molecule has 0 amide bonds. The van der Waals surface area contributed by atoms with Gasteiger partial charge in [-0.3, -0.25) is 0 Å². The molecule has 1 aromatic carbocycles. The summed E-state index contributed by atoms with van der Waals surface area (Å²) in [7, 11) is -0.377. The quantitative estimate of drug-likeness (QED) is 0.831. The highest BCUT2D eigenvalue weighted by atomic mass is 28.3. The van der Waals surface area contributed by atoms with E-state index in [4.69, 9.17) is 0 Å². The molecule has 0 heterocycles. The van der Waals surface area contributed by atoms with Crippen molar-refractivity contribution in [2.24, 2.45) is 0 Å². The highest BCUT2D eigenvalue weighted by molar-refractivity contribution is 6.93. The molecule has 0 aliphatic heterocycles. The van der Waals surface area contributed by atoms with E-state index in [0.717, 1.165) is 10.2 Å². The molecule has 0 fully saturated rings. The van der Waals surface area contributed by atoms with E-state index in [1.165, 1.54) is 11.3 Å². The molecule has 0 spiro atoms. The number of anilines is 1. The Balaban J connectivity index is 3.21. The van der Waals surface area contributed by atoms with E-state index in [2.05, 4.69) is 84.2 Å². The topological polar surface area (TPSA) is 12.0 Å². The first-order valence-corrected chi connectivity index (χ1v) is 12.0. The Hall–Kier alpha value is -0.806. The lowest BCUT2D eigenvalue weighted by atomic mass is 10.1. The summed E-state index contributed by atoms with van der Waals surface area (Å²) in [6, 6.07) is 9.33. The summed E-state index contributed by atoms with van der Waals surface area (Å²) in [5, 5.41) is 7.21. The molecule has 1 rings (SSSR count). The summed E-state index contributed by atoms with van der Waals surface area (Å²) >= 11 is 0. The number of nitrogens with one attached hydrogen (secondary N) is 1. The first-order valence-electron chi connectivity index (χ1n) is 7.98. The van der Waals surface area contributed by atoms with Crippen molar-refractivity contribution >= 4 is 29.2 Å². The third-order valence-electron chi connectivity index (χ3n) is 5.29. The van der Waals surface area contributed by atoms with Gasteiger partial charge in [-0.1, -0.05) is 62.8 Å². The van der Waals surface area contributed by atoms with Gasteiger partial charge in [0.25, 0.3) is 0 Å². The molecule has 1 N–H and O–H groups in total. The van der Waals surface area contributed by atoms with Crippen LogP contribution in [0.4, 0.5) is 5.69 Å². The molecule has 1 atom stereocenters. The van der Waals surface area contributed by atoms with Crippen LogP contribution in [0.2, 0.25) is 18.1 Å². The van der Waals surface area contributed by atoms with Gasteiger partial charge in [-0.05, 0) is 37.1 Å². The minimum atomic E-state index is -1.52. The van der Waals surface area contributed by atoms with Crippen LogP contribution in [-0.4, -0.2) is 24.4 Å². The van der Waals surface area contributed by atoms with Crippen molar-refractivity contribution in [3.05, 3.63) is 35.0 Å². The molecule has 0 saturated carbocycles. The number of allylic oxidation sites excluding steroid dienone is 1. The second-order valence-electron chi connectivity index (χ2n) is 7.97. The SMILES string of the molecule is CC([SiH3])=C(C)C(C)Nc1ccccc1[Si](C)(C)C(C)(C)C. The molecule has 1 unspecified atom stereocenters. The Morgan fingerprint density at radius 2 is 1.67 bits per heavy atom. The van der Waals surface area contributed by atoms with Crippen molar-refractivity contribution in [2.45, 2.75) is 65.7 Å². The smallest absolute Gasteiger partial charge is 0.0886 e. The van der Waals surface area contributed by atoms with Gasteiger partial charge in [0.1, 0.15) is 0 Å². The maximum atomic E-state index is 3.77. The van der Waals surface area contributed by atoms with E-state index in [0.29, 0.717) is 11.1 Å². The number of hydrogen-bond acceptors (Lipinski definition) is 1. The van der Waals surface area contributed by atoms with Crippen molar-refractivity contribution in [3.8, 4) is 0 Å². The fraction of sp³-hybridized carbons (Fsp3) is 0.556. The Kier molecular flexibility index (Phi) is 5.67. The Morgan fingerprint density at radius 3 is 2.14 bits per heavy atom. The second-order valence-corrected chi connectivity index (χ2v) is 14.8. The molecule has 21 heavy (non-hydrogen) atoms. The highest BCUT2D eigenvalue weighted by Gasteiger charge is 2.38. The molecule has 1 aromatic rings. The van der Waals surface area contributed by atoms with Crippen LogP contribution in [0.5, 0.6) is 0 Å². The summed E-state index contributed by atoms with van der Waals surface area (Å²) in [5.41, 5.74) is 2.82. The lowest BCUT2D eigenvalue weighted by molar-refractivity contribution is 0.729. The normalized spacial score (nSPS) is 15.6. The molecule has 0 aromatic heterocycles. The predicted octanol–water partition coefficient (Wildman–Crippen LogP) is 3.86. The Morgan fingerprint density at radius 1 is 1.14 bits per heavy atom. The Bertz CT molecular complexity index is 520. The first-order chi connectivity index (χ1) is 9.48. The van der Waals surface area contributed by atoms with E-state index < -0.39 is 8.07 Å². The first kappa shape index (κ1) is 18.2. The largest absolute Gasteiger partial charge is 0.379 e. The van der Waals surface area contributed by atoms with Gasteiger partial charge in [0, 0.05) is 22.0 Å². The van der Waals surface area contributed by atoms with Crippen LogP contribution in [0.3, 0.4) is 0 Å². The third kappa shape index (κ3) is 4.10. The standard InChI is InChI=1S/C18H33NSi2/c1-13(15(3)20)14(2)19-16-11-9-10-12-17(16)21(7,8)18(4,5)6/h9-12,14,19H,1-8,20H3. The summed E-state index contributed by atoms with van der Waals surface area (Å²) in [6.45, 7) is 18.9. The molecule has 0 aliphatic rings. The minimum Gasteiger partial charge on any atom is -0.379 e. The molecular weight excluding hydrogens is 286 g/mol. The zero-order valence-corrected chi connectivity index (χ0v) is 18.4. The van der Waals surface area contributed by atoms with Crippen LogP contribution in [0.25, 0.3) is 0 Å². The monoisotopic (exact) mass is 319 g/mol. The fourth-order valence-electron chi connectivity index (χ4n) is 2.33. The average Bonchev–Trinajstić information content (AvgIpc) is 2.36. The predicted molar refractivity (Wildman–Crippen MR) is 105 cm³/mol. The van der Waals surface area contributed by atoms with Crippen molar-refractivity contribution in [1.82, 2.24) is 0 Å². The van der Waals surface area contributed by atoms with Gasteiger partial charge >= 0.3 is 0 Å². The van der Waals surface area contributed by atoms with Gasteiger partial charge in [-0.2, -0.15) is 0 Å². The average molecular weight is 320 g/mol. The maximum Gasteiger partial charge on any atom is 0.0886 e. The molecule has 0 saturated heterocycles. The number of benzene rings is 1. The van der Waals surface area contributed by atoms with Crippen LogP contribution in [-0.2, 0) is 0 Å². The van der Waals surface area contributed by atoms with E-state index in [1.54, 1.807) is 10.4 Å². The van der Waals surface area contributed by atoms with Crippen molar-refractivity contribution < 1.29 is 0 Å². The summed E-state index contributed by atoms with van der Waals surface area (Å²) in [4.78, 5) is 0. The lowest BCUT2D eigenvalue weighted by Gasteiger charge is -2.39. The summed E-state index contributed by atoms with van der Waals surface area (Å²) in [5.74, 6) is 0. The lowest BCUT2D eigenvalue weighted by Crippen LogP contribution is -2.50. The number of para-hydroxylation sites is 1. The molecule has 1 nitrogen and oxygen atoms in total. The van der Waals surface area contributed by atoms with Gasteiger partial charge in [0.05, 0.1) is 8.07 Å². The number of rotatable bonds is 4. The van der Waals surface area contributed by atoms with Gasteiger partial charge < -0.3 is 5.32 Å². The van der Waals surface area contributed by atoms with Crippen molar-refractivity contribution in [2.75, 3.05) is 5.32 Å². The van der Waals surface area contributed by atoms with E-state index >= 15 is 0 Å². The van der Waals surface area contributed by atoms with Crippen LogP contribution in [0.1, 0.15) is 41.5 Å². The van der Waals surface area contributed by atoms with E-state index in [9.17, 15) is 0 Å². The van der Waals surface area contributed by atoms with Gasteiger partial charge in [0.2, 0.25) is 0 Å². The van der Waals surface area contributed by atoms with E-state index in [-0.39, 0.29) is 0 Å². The van der Waals surface area contributed by atoms with Crippen molar-refractivity contribution in [1.29, 1.82) is 0 Å². The summed E-state index contributed by atoms with van der Waals surface area (Å²) in [6.07, 6.45) is 0. The minimum absolute atomic E-state index is 0.354. The van der Waals surface area contributed by atoms with Crippen molar-refractivity contribution in [3.63, 3.8) is 0 Å². The molecular formula is C18H33NSi2. The van der Waals surface area contributed by atoms with Gasteiger partial charge in [-0.25, -0.2) is 0 Å². The molecule has 118 valence electrons.